The Kier molecular flexibility index (Phi) is 2.88. The van der Waals surface area contributed by atoms with E-state index in [4.69, 9.17) is 0 Å². The smallest absolute Gasteiger partial charge is 0.264 e. The van der Waals surface area contributed by atoms with E-state index in [1.807, 2.05) is 6.07 Å². The lowest BCUT2D eigenvalue weighted by molar-refractivity contribution is 0.602. The molecule has 0 radical (unpaired) electrons. The number of rotatable bonds is 3. The minimum Gasteiger partial charge on any atom is -0.264 e. The Hall–Kier alpha value is -2.06. The topological polar surface area (TPSA) is 84.8 Å². The Morgan fingerprint density at radius 1 is 1.21 bits per heavy atom. The number of aromatic nitrogens is 3. The summed E-state index contributed by atoms with van der Waals surface area (Å²) in [5.74, 6) is 0. The van der Waals surface area contributed by atoms with Gasteiger partial charge in [0.1, 0.15) is 5.51 Å². The zero-order valence-corrected chi connectivity index (χ0v) is 11.1. The Balaban J connectivity index is 2.13. The number of hydrogen-bond donors (Lipinski definition) is 1. The molecule has 0 aliphatic rings. The molecule has 0 saturated carbocycles. The highest BCUT2D eigenvalue weighted by Crippen LogP contribution is 2.24. The normalized spacial score (nSPS) is 11.6. The average molecular weight is 292 g/mol. The fourth-order valence-electron chi connectivity index (χ4n) is 1.71. The maximum atomic E-state index is 12.3. The molecule has 0 aliphatic heterocycles. The number of sulfonamides is 1. The summed E-state index contributed by atoms with van der Waals surface area (Å²) in [5.41, 5.74) is 1.46. The zero-order valence-electron chi connectivity index (χ0n) is 9.52. The summed E-state index contributed by atoms with van der Waals surface area (Å²) < 4.78 is 27.0. The second-order valence-electron chi connectivity index (χ2n) is 3.70. The van der Waals surface area contributed by atoms with Crippen LogP contribution in [0.2, 0.25) is 0 Å². The van der Waals surface area contributed by atoms with Crippen molar-refractivity contribution in [2.75, 3.05) is 4.72 Å². The quantitative estimate of drug-likeness (QED) is 0.796. The molecule has 0 spiro atoms. The number of hydrogen-bond acceptors (Lipinski definition) is 6. The molecule has 0 fully saturated rings. The summed E-state index contributed by atoms with van der Waals surface area (Å²) >= 11 is 1.13. The summed E-state index contributed by atoms with van der Waals surface area (Å²) in [7, 11) is -3.68. The van der Waals surface area contributed by atoms with E-state index in [1.54, 1.807) is 30.6 Å². The number of benzene rings is 1. The van der Waals surface area contributed by atoms with Crippen LogP contribution >= 0.6 is 11.3 Å². The molecular formula is C11H8N4O2S2. The first kappa shape index (κ1) is 12.0. The van der Waals surface area contributed by atoms with E-state index in [1.165, 1.54) is 5.51 Å². The van der Waals surface area contributed by atoms with Gasteiger partial charge in [-0.25, -0.2) is 8.42 Å². The SMILES string of the molecule is O=S(=O)(Nc1nncs1)c1cccc2cnccc12. The fourth-order valence-corrected chi connectivity index (χ4v) is 3.64. The summed E-state index contributed by atoms with van der Waals surface area (Å²) in [6.07, 6.45) is 3.19. The Bertz CT molecular complexity index is 810. The van der Waals surface area contributed by atoms with Gasteiger partial charge in [0.05, 0.1) is 4.90 Å². The average Bonchev–Trinajstić information content (AvgIpc) is 2.90. The molecule has 6 nitrogen and oxygen atoms in total. The second-order valence-corrected chi connectivity index (χ2v) is 6.19. The predicted molar refractivity (Wildman–Crippen MR) is 72.5 cm³/mol. The van der Waals surface area contributed by atoms with Gasteiger partial charge >= 0.3 is 0 Å². The number of nitrogens with zero attached hydrogens (tertiary/aromatic N) is 3. The van der Waals surface area contributed by atoms with Crippen LogP contribution < -0.4 is 4.72 Å². The molecule has 2 aromatic heterocycles. The van der Waals surface area contributed by atoms with Crippen molar-refractivity contribution >= 4 is 37.3 Å². The molecule has 0 saturated heterocycles. The maximum absolute atomic E-state index is 12.3. The standard InChI is InChI=1S/C11H8N4O2S2/c16-19(17,15-11-14-13-7-18-11)10-3-1-2-8-6-12-5-4-9(8)10/h1-7H,(H,14,15). The molecule has 0 amide bonds. The lowest BCUT2D eigenvalue weighted by Gasteiger charge is -2.07. The van der Waals surface area contributed by atoms with E-state index in [-0.39, 0.29) is 10.0 Å². The third-order valence-electron chi connectivity index (χ3n) is 2.51. The largest absolute Gasteiger partial charge is 0.264 e. The number of pyridine rings is 1. The van der Waals surface area contributed by atoms with Crippen molar-refractivity contribution in [2.45, 2.75) is 4.90 Å². The summed E-state index contributed by atoms with van der Waals surface area (Å²) in [6, 6.07) is 6.71. The van der Waals surface area contributed by atoms with E-state index in [0.29, 0.717) is 5.39 Å². The lowest BCUT2D eigenvalue weighted by Crippen LogP contribution is -2.13. The Morgan fingerprint density at radius 2 is 2.11 bits per heavy atom. The van der Waals surface area contributed by atoms with Gasteiger partial charge in [-0.15, -0.1) is 10.2 Å². The zero-order chi connectivity index (χ0) is 13.3. The lowest BCUT2D eigenvalue weighted by atomic mass is 10.2. The molecule has 19 heavy (non-hydrogen) atoms. The van der Waals surface area contributed by atoms with Crippen molar-refractivity contribution in [3.63, 3.8) is 0 Å². The second kappa shape index (κ2) is 4.56. The van der Waals surface area contributed by atoms with Gasteiger partial charge in [0.15, 0.2) is 0 Å². The van der Waals surface area contributed by atoms with E-state index in [0.717, 1.165) is 16.7 Å². The monoisotopic (exact) mass is 292 g/mol. The summed E-state index contributed by atoms with van der Waals surface area (Å²) in [4.78, 5) is 4.17. The van der Waals surface area contributed by atoms with E-state index >= 15 is 0 Å². The van der Waals surface area contributed by atoms with Gasteiger partial charge < -0.3 is 0 Å². The Morgan fingerprint density at radius 3 is 2.89 bits per heavy atom. The fraction of sp³-hybridized carbons (Fsp3) is 0. The maximum Gasteiger partial charge on any atom is 0.264 e. The van der Waals surface area contributed by atoms with Crippen LogP contribution in [0, 0.1) is 0 Å². The van der Waals surface area contributed by atoms with Crippen molar-refractivity contribution in [1.82, 2.24) is 15.2 Å². The molecule has 1 aromatic carbocycles. The van der Waals surface area contributed by atoms with Crippen molar-refractivity contribution in [1.29, 1.82) is 0 Å². The molecule has 0 bridgehead atoms. The van der Waals surface area contributed by atoms with Crippen molar-refractivity contribution < 1.29 is 8.42 Å². The molecule has 0 unspecified atom stereocenters. The predicted octanol–water partition coefficient (Wildman–Crippen LogP) is 1.89. The van der Waals surface area contributed by atoms with Crippen LogP contribution in [-0.2, 0) is 10.0 Å². The first-order chi connectivity index (χ1) is 9.17. The molecule has 3 rings (SSSR count). The van der Waals surface area contributed by atoms with Gasteiger partial charge in [-0.05, 0) is 12.1 Å². The van der Waals surface area contributed by atoms with E-state index < -0.39 is 10.0 Å². The van der Waals surface area contributed by atoms with Crippen LogP contribution in [0.3, 0.4) is 0 Å². The number of fused-ring (bicyclic) bond motifs is 1. The third kappa shape index (κ3) is 2.27. The van der Waals surface area contributed by atoms with Gasteiger partial charge in [-0.2, -0.15) is 0 Å². The highest BCUT2D eigenvalue weighted by molar-refractivity contribution is 7.93. The van der Waals surface area contributed by atoms with Crippen LogP contribution in [0.25, 0.3) is 10.8 Å². The molecule has 1 N–H and O–H groups in total. The molecular weight excluding hydrogens is 284 g/mol. The van der Waals surface area contributed by atoms with E-state index in [9.17, 15) is 8.42 Å². The van der Waals surface area contributed by atoms with Crippen LogP contribution in [-0.4, -0.2) is 23.6 Å². The minimum absolute atomic E-state index is 0.197. The van der Waals surface area contributed by atoms with Crippen LogP contribution in [0.5, 0.6) is 0 Å². The number of anilines is 1. The summed E-state index contributed by atoms with van der Waals surface area (Å²) in [5, 5.41) is 8.89. The summed E-state index contributed by atoms with van der Waals surface area (Å²) in [6.45, 7) is 0. The molecule has 8 heteroatoms. The van der Waals surface area contributed by atoms with Crippen molar-refractivity contribution in [2.24, 2.45) is 0 Å². The highest BCUT2D eigenvalue weighted by atomic mass is 32.2. The van der Waals surface area contributed by atoms with Crippen LogP contribution in [0.15, 0.2) is 47.1 Å². The molecule has 0 atom stereocenters. The highest BCUT2D eigenvalue weighted by Gasteiger charge is 2.18. The van der Waals surface area contributed by atoms with Gasteiger partial charge in [-0.3, -0.25) is 9.71 Å². The minimum atomic E-state index is -3.68. The Labute approximate surface area is 113 Å². The molecule has 96 valence electrons. The van der Waals surface area contributed by atoms with Crippen LogP contribution in [0.4, 0.5) is 5.13 Å². The van der Waals surface area contributed by atoms with E-state index in [2.05, 4.69) is 19.9 Å². The first-order valence-corrected chi connectivity index (χ1v) is 7.65. The van der Waals surface area contributed by atoms with Crippen LogP contribution in [0.1, 0.15) is 0 Å². The first-order valence-electron chi connectivity index (χ1n) is 5.28. The van der Waals surface area contributed by atoms with Gasteiger partial charge in [0.2, 0.25) is 5.13 Å². The van der Waals surface area contributed by atoms with Crippen molar-refractivity contribution in [3.05, 3.63) is 42.2 Å². The third-order valence-corrected chi connectivity index (χ3v) is 4.64. The molecule has 2 heterocycles. The van der Waals surface area contributed by atoms with Gasteiger partial charge in [0.25, 0.3) is 10.0 Å². The number of nitrogens with one attached hydrogen (secondary N) is 1. The molecule has 0 aliphatic carbocycles. The molecule has 3 aromatic rings. The van der Waals surface area contributed by atoms with Gasteiger partial charge in [0, 0.05) is 23.2 Å². The van der Waals surface area contributed by atoms with Gasteiger partial charge in [-0.1, -0.05) is 23.5 Å². The van der Waals surface area contributed by atoms with Crippen molar-refractivity contribution in [3.8, 4) is 0 Å².